The highest BCUT2D eigenvalue weighted by Crippen LogP contribution is 2.14. The van der Waals surface area contributed by atoms with Gasteiger partial charge in [-0.1, -0.05) is 20.8 Å². The van der Waals surface area contributed by atoms with Crippen molar-refractivity contribution in [2.45, 2.75) is 59.7 Å². The second-order valence-corrected chi connectivity index (χ2v) is 4.77. The standard InChI is InChI=1S/C11H22O3/c1-7-9(8(2)3)13-10(12)14-11(4,5)6/h8-9H,7H2,1-6H3. The molecule has 0 saturated heterocycles. The van der Waals surface area contributed by atoms with E-state index in [1.165, 1.54) is 0 Å². The zero-order valence-corrected chi connectivity index (χ0v) is 10.1. The van der Waals surface area contributed by atoms with Crippen LogP contribution in [0.2, 0.25) is 0 Å². The molecule has 0 aromatic heterocycles. The average Bonchev–Trinajstić information content (AvgIpc) is 1.96. The van der Waals surface area contributed by atoms with Crippen LogP contribution in [0.15, 0.2) is 0 Å². The molecule has 0 rings (SSSR count). The van der Waals surface area contributed by atoms with Gasteiger partial charge in [-0.3, -0.25) is 0 Å². The van der Waals surface area contributed by atoms with Crippen LogP contribution in [-0.2, 0) is 9.47 Å². The summed E-state index contributed by atoms with van der Waals surface area (Å²) >= 11 is 0. The van der Waals surface area contributed by atoms with E-state index in [4.69, 9.17) is 9.47 Å². The van der Waals surface area contributed by atoms with Gasteiger partial charge in [0, 0.05) is 0 Å². The molecule has 0 aromatic rings. The Morgan fingerprint density at radius 1 is 1.29 bits per heavy atom. The Balaban J connectivity index is 4.04. The summed E-state index contributed by atoms with van der Waals surface area (Å²) in [4.78, 5) is 11.3. The fourth-order valence-electron chi connectivity index (χ4n) is 1.09. The molecule has 0 bridgehead atoms. The van der Waals surface area contributed by atoms with Crippen LogP contribution < -0.4 is 0 Å². The first-order valence-corrected chi connectivity index (χ1v) is 5.16. The van der Waals surface area contributed by atoms with Gasteiger partial charge in [-0.25, -0.2) is 4.79 Å². The molecule has 1 unspecified atom stereocenters. The quantitative estimate of drug-likeness (QED) is 0.658. The van der Waals surface area contributed by atoms with Crippen molar-refractivity contribution < 1.29 is 14.3 Å². The SMILES string of the molecule is CCC(OC(=O)OC(C)(C)C)C(C)C. The number of ether oxygens (including phenoxy) is 2. The Kier molecular flexibility index (Phi) is 4.95. The first-order chi connectivity index (χ1) is 6.26. The Hall–Kier alpha value is -0.730. The van der Waals surface area contributed by atoms with Crippen LogP contribution in [0.25, 0.3) is 0 Å². The number of carbonyl (C=O) groups excluding carboxylic acids is 1. The van der Waals surface area contributed by atoms with Crippen molar-refractivity contribution in [3.8, 4) is 0 Å². The lowest BCUT2D eigenvalue weighted by Crippen LogP contribution is -2.29. The van der Waals surface area contributed by atoms with Gasteiger partial charge < -0.3 is 9.47 Å². The lowest BCUT2D eigenvalue weighted by atomic mass is 10.1. The van der Waals surface area contributed by atoms with Crippen molar-refractivity contribution in [1.82, 2.24) is 0 Å². The zero-order valence-electron chi connectivity index (χ0n) is 10.1. The van der Waals surface area contributed by atoms with Gasteiger partial charge in [-0.15, -0.1) is 0 Å². The van der Waals surface area contributed by atoms with Gasteiger partial charge in [-0.05, 0) is 33.1 Å². The number of carbonyl (C=O) groups is 1. The number of hydrogen-bond acceptors (Lipinski definition) is 3. The Labute approximate surface area is 86.8 Å². The minimum atomic E-state index is -0.571. The molecule has 0 fully saturated rings. The van der Waals surface area contributed by atoms with E-state index in [1.807, 2.05) is 41.5 Å². The fourth-order valence-corrected chi connectivity index (χ4v) is 1.09. The summed E-state index contributed by atoms with van der Waals surface area (Å²) < 4.78 is 10.2. The molecule has 3 nitrogen and oxygen atoms in total. The Bertz CT molecular complexity index is 179. The van der Waals surface area contributed by atoms with Gasteiger partial charge in [0.1, 0.15) is 11.7 Å². The maximum atomic E-state index is 11.3. The maximum Gasteiger partial charge on any atom is 0.509 e. The van der Waals surface area contributed by atoms with Crippen LogP contribution in [-0.4, -0.2) is 17.9 Å². The molecule has 0 N–H and O–H groups in total. The molecule has 14 heavy (non-hydrogen) atoms. The summed E-state index contributed by atoms with van der Waals surface area (Å²) in [5.74, 6) is 0.326. The molecule has 0 amide bonds. The summed E-state index contributed by atoms with van der Waals surface area (Å²) in [6.45, 7) is 11.5. The second-order valence-electron chi connectivity index (χ2n) is 4.77. The van der Waals surface area contributed by atoms with E-state index in [1.54, 1.807) is 0 Å². The summed E-state index contributed by atoms with van der Waals surface area (Å²) in [5.41, 5.74) is -0.480. The lowest BCUT2D eigenvalue weighted by Gasteiger charge is -2.23. The van der Waals surface area contributed by atoms with Crippen molar-refractivity contribution in [3.05, 3.63) is 0 Å². The van der Waals surface area contributed by atoms with E-state index in [9.17, 15) is 4.79 Å². The topological polar surface area (TPSA) is 35.5 Å². The molecule has 0 aliphatic rings. The fraction of sp³-hybridized carbons (Fsp3) is 0.909. The van der Waals surface area contributed by atoms with Gasteiger partial charge in [0.25, 0.3) is 0 Å². The van der Waals surface area contributed by atoms with E-state index in [-0.39, 0.29) is 6.10 Å². The highest BCUT2D eigenvalue weighted by Gasteiger charge is 2.22. The molecule has 0 saturated carbocycles. The predicted octanol–water partition coefficient (Wildman–Crippen LogP) is 3.37. The minimum Gasteiger partial charge on any atom is -0.431 e. The van der Waals surface area contributed by atoms with Gasteiger partial charge >= 0.3 is 6.16 Å². The van der Waals surface area contributed by atoms with Crippen LogP contribution in [0.1, 0.15) is 48.0 Å². The summed E-state index contributed by atoms with van der Waals surface area (Å²) in [5, 5.41) is 0. The monoisotopic (exact) mass is 202 g/mol. The van der Waals surface area contributed by atoms with E-state index in [2.05, 4.69) is 0 Å². The Morgan fingerprint density at radius 2 is 1.79 bits per heavy atom. The molecule has 1 atom stereocenters. The van der Waals surface area contributed by atoms with E-state index in [0.717, 1.165) is 6.42 Å². The molecule has 0 aliphatic heterocycles. The van der Waals surface area contributed by atoms with Crippen LogP contribution in [0.4, 0.5) is 4.79 Å². The second kappa shape index (κ2) is 5.23. The van der Waals surface area contributed by atoms with Crippen molar-refractivity contribution in [3.63, 3.8) is 0 Å². The highest BCUT2D eigenvalue weighted by atomic mass is 16.7. The molecule has 0 aliphatic carbocycles. The van der Waals surface area contributed by atoms with Crippen molar-refractivity contribution >= 4 is 6.16 Å². The van der Waals surface area contributed by atoms with E-state index < -0.39 is 11.8 Å². The minimum absolute atomic E-state index is 0.0511. The van der Waals surface area contributed by atoms with Crippen LogP contribution in [0, 0.1) is 5.92 Å². The number of hydrogen-bond donors (Lipinski definition) is 0. The first kappa shape index (κ1) is 13.3. The van der Waals surface area contributed by atoms with Crippen molar-refractivity contribution in [2.75, 3.05) is 0 Å². The zero-order chi connectivity index (χ0) is 11.4. The molecule has 0 aromatic carbocycles. The molecular formula is C11H22O3. The molecule has 0 radical (unpaired) electrons. The normalized spacial score (nSPS) is 13.9. The third-order valence-electron chi connectivity index (χ3n) is 1.78. The Morgan fingerprint density at radius 3 is 2.07 bits per heavy atom. The van der Waals surface area contributed by atoms with Crippen molar-refractivity contribution in [2.24, 2.45) is 5.92 Å². The lowest BCUT2D eigenvalue weighted by molar-refractivity contribution is -0.0369. The van der Waals surface area contributed by atoms with E-state index in [0.29, 0.717) is 5.92 Å². The van der Waals surface area contributed by atoms with Gasteiger partial charge in [-0.2, -0.15) is 0 Å². The van der Waals surface area contributed by atoms with E-state index >= 15 is 0 Å². The number of rotatable bonds is 3. The molecule has 84 valence electrons. The van der Waals surface area contributed by atoms with Crippen LogP contribution >= 0.6 is 0 Å². The first-order valence-electron chi connectivity index (χ1n) is 5.16. The molecule has 0 spiro atoms. The third-order valence-corrected chi connectivity index (χ3v) is 1.78. The smallest absolute Gasteiger partial charge is 0.431 e. The molecular weight excluding hydrogens is 180 g/mol. The summed E-state index contributed by atoms with van der Waals surface area (Å²) in [6, 6.07) is 0. The third kappa shape index (κ3) is 5.84. The average molecular weight is 202 g/mol. The van der Waals surface area contributed by atoms with Gasteiger partial charge in [0.05, 0.1) is 0 Å². The largest absolute Gasteiger partial charge is 0.509 e. The van der Waals surface area contributed by atoms with Crippen LogP contribution in [0.3, 0.4) is 0 Å². The molecule has 0 heterocycles. The van der Waals surface area contributed by atoms with Gasteiger partial charge in [0.15, 0.2) is 0 Å². The van der Waals surface area contributed by atoms with Crippen LogP contribution in [0.5, 0.6) is 0 Å². The summed E-state index contributed by atoms with van der Waals surface area (Å²) in [7, 11) is 0. The van der Waals surface area contributed by atoms with Crippen molar-refractivity contribution in [1.29, 1.82) is 0 Å². The summed E-state index contributed by atoms with van der Waals surface area (Å²) in [6.07, 6.45) is 0.194. The highest BCUT2D eigenvalue weighted by molar-refractivity contribution is 5.60. The predicted molar refractivity (Wildman–Crippen MR) is 56.2 cm³/mol. The maximum absolute atomic E-state index is 11.3. The molecule has 3 heteroatoms. The van der Waals surface area contributed by atoms with Gasteiger partial charge in [0.2, 0.25) is 0 Å².